The van der Waals surface area contributed by atoms with Gasteiger partial charge in [0, 0.05) is 34.2 Å². The first kappa shape index (κ1) is 15.8. The van der Waals surface area contributed by atoms with E-state index in [9.17, 15) is 9.59 Å². The summed E-state index contributed by atoms with van der Waals surface area (Å²) >= 11 is 0. The highest BCUT2D eigenvalue weighted by molar-refractivity contribution is 5.82. The number of nitrogens with one attached hydrogen (secondary N) is 2. The van der Waals surface area contributed by atoms with Crippen LogP contribution in [0.15, 0.2) is 0 Å². The number of ether oxygens (including phenoxy) is 2. The zero-order valence-corrected chi connectivity index (χ0v) is 10.4. The number of carbonyl (C=O) groups excluding carboxylic acids is 1. The van der Waals surface area contributed by atoms with Crippen LogP contribution in [0.5, 0.6) is 0 Å². The molecule has 0 aromatic rings. The fourth-order valence-corrected chi connectivity index (χ4v) is 1.23. The third-order valence-electron chi connectivity index (χ3n) is 2.08. The molecule has 3 N–H and O–H groups in total. The molecule has 2 unspecified atom stereocenters. The second-order valence-corrected chi connectivity index (χ2v) is 3.56. The molecule has 0 heterocycles. The van der Waals surface area contributed by atoms with Crippen molar-refractivity contribution in [2.75, 3.05) is 33.9 Å². The van der Waals surface area contributed by atoms with Gasteiger partial charge in [-0.15, -0.1) is 0 Å². The van der Waals surface area contributed by atoms with Crippen molar-refractivity contribution in [3.8, 4) is 0 Å². The first-order valence-electron chi connectivity index (χ1n) is 5.23. The topological polar surface area (TPSA) is 96.9 Å². The summed E-state index contributed by atoms with van der Waals surface area (Å²) in [5, 5.41) is 14.1. The van der Waals surface area contributed by atoms with Gasteiger partial charge in [-0.2, -0.15) is 0 Å². The number of carboxylic acid groups (broad SMARTS) is 1. The lowest BCUT2D eigenvalue weighted by atomic mass is 10.2. The van der Waals surface area contributed by atoms with E-state index in [4.69, 9.17) is 14.6 Å². The van der Waals surface area contributed by atoms with Gasteiger partial charge in [-0.05, 0) is 0 Å². The zero-order valence-electron chi connectivity index (χ0n) is 10.4. The van der Waals surface area contributed by atoms with E-state index in [0.29, 0.717) is 13.2 Å². The van der Waals surface area contributed by atoms with Gasteiger partial charge in [0.1, 0.15) is 6.04 Å². The number of methoxy groups -OCH3 is 2. The van der Waals surface area contributed by atoms with Gasteiger partial charge in [0.15, 0.2) is 0 Å². The molecule has 0 saturated carbocycles. The highest BCUT2D eigenvalue weighted by Gasteiger charge is 2.18. The van der Waals surface area contributed by atoms with E-state index in [2.05, 4.69) is 10.6 Å². The van der Waals surface area contributed by atoms with Crippen molar-refractivity contribution in [3.63, 3.8) is 0 Å². The van der Waals surface area contributed by atoms with E-state index in [1.165, 1.54) is 6.92 Å². The molecule has 2 atom stereocenters. The third-order valence-corrected chi connectivity index (χ3v) is 2.08. The van der Waals surface area contributed by atoms with Crippen LogP contribution in [-0.4, -0.2) is 63.0 Å². The Kier molecular flexibility index (Phi) is 8.29. The van der Waals surface area contributed by atoms with Gasteiger partial charge in [0.2, 0.25) is 5.91 Å². The van der Waals surface area contributed by atoms with Crippen LogP contribution in [0.1, 0.15) is 6.92 Å². The summed E-state index contributed by atoms with van der Waals surface area (Å²) in [6.45, 7) is 2.28. The molecule has 7 heteroatoms. The minimum absolute atomic E-state index is 0.137. The molecule has 0 aliphatic heterocycles. The first-order chi connectivity index (χ1) is 8.01. The van der Waals surface area contributed by atoms with Crippen LogP contribution in [-0.2, 0) is 19.1 Å². The maximum atomic E-state index is 10.8. The van der Waals surface area contributed by atoms with Gasteiger partial charge in [-0.3, -0.25) is 4.79 Å². The lowest BCUT2D eigenvalue weighted by Gasteiger charge is -2.18. The quantitative estimate of drug-likeness (QED) is 0.475. The maximum Gasteiger partial charge on any atom is 0.327 e. The Morgan fingerprint density at radius 2 is 1.94 bits per heavy atom. The van der Waals surface area contributed by atoms with Gasteiger partial charge in [-0.25, -0.2) is 4.79 Å². The predicted molar refractivity (Wildman–Crippen MR) is 60.8 cm³/mol. The van der Waals surface area contributed by atoms with E-state index in [-0.39, 0.29) is 18.6 Å². The standard InChI is InChI=1S/C10H20N2O5/c1-7(13)12-9(10(14)15)5-11-4-8(17-3)6-16-2/h8-9,11H,4-6H2,1-3H3,(H,12,13)(H,14,15). The number of hydrogen-bond donors (Lipinski definition) is 3. The Labute approximate surface area is 100 Å². The smallest absolute Gasteiger partial charge is 0.327 e. The maximum absolute atomic E-state index is 10.8. The average Bonchev–Trinajstić information content (AvgIpc) is 2.25. The summed E-state index contributed by atoms with van der Waals surface area (Å²) < 4.78 is 10.0. The number of amides is 1. The molecule has 7 nitrogen and oxygen atoms in total. The Bertz CT molecular complexity index is 247. The van der Waals surface area contributed by atoms with Crippen molar-refractivity contribution in [2.45, 2.75) is 19.1 Å². The molecule has 17 heavy (non-hydrogen) atoms. The van der Waals surface area contributed by atoms with E-state index >= 15 is 0 Å². The van der Waals surface area contributed by atoms with Crippen LogP contribution >= 0.6 is 0 Å². The number of rotatable bonds is 9. The van der Waals surface area contributed by atoms with Crippen LogP contribution in [0, 0.1) is 0 Å². The summed E-state index contributed by atoms with van der Waals surface area (Å²) in [6, 6.07) is -0.937. The van der Waals surface area contributed by atoms with Crippen molar-refractivity contribution < 1.29 is 24.2 Å². The molecule has 0 aromatic carbocycles. The number of carboxylic acids is 1. The van der Waals surface area contributed by atoms with Crippen molar-refractivity contribution in [1.82, 2.24) is 10.6 Å². The molecule has 0 aliphatic carbocycles. The molecule has 0 spiro atoms. The van der Waals surface area contributed by atoms with Gasteiger partial charge in [-0.1, -0.05) is 0 Å². The normalized spacial score (nSPS) is 14.1. The zero-order chi connectivity index (χ0) is 13.3. The third kappa shape index (κ3) is 7.67. The molecule has 100 valence electrons. The van der Waals surface area contributed by atoms with Crippen molar-refractivity contribution >= 4 is 11.9 Å². The second kappa shape index (κ2) is 8.91. The fraction of sp³-hybridized carbons (Fsp3) is 0.800. The molecule has 0 bridgehead atoms. The van der Waals surface area contributed by atoms with Gasteiger partial charge in [0.05, 0.1) is 12.7 Å². The summed E-state index contributed by atoms with van der Waals surface area (Å²) in [7, 11) is 3.11. The molecule has 0 radical (unpaired) electrons. The monoisotopic (exact) mass is 248 g/mol. The predicted octanol–water partition coefficient (Wildman–Crippen LogP) is -1.17. The summed E-state index contributed by atoms with van der Waals surface area (Å²) in [6.07, 6.45) is -0.147. The molecule has 0 rings (SSSR count). The molecule has 1 amide bonds. The van der Waals surface area contributed by atoms with E-state index in [0.717, 1.165) is 0 Å². The number of aliphatic carboxylic acids is 1. The SMILES string of the molecule is COCC(CNCC(NC(C)=O)C(=O)O)OC. The lowest BCUT2D eigenvalue weighted by molar-refractivity contribution is -0.141. The van der Waals surface area contributed by atoms with Crippen LogP contribution < -0.4 is 10.6 Å². The van der Waals surface area contributed by atoms with Crippen LogP contribution in [0.4, 0.5) is 0 Å². The summed E-state index contributed by atoms with van der Waals surface area (Å²) in [4.78, 5) is 21.6. The Balaban J connectivity index is 3.96. The minimum Gasteiger partial charge on any atom is -0.480 e. The summed E-state index contributed by atoms with van der Waals surface area (Å²) in [5.74, 6) is -1.45. The molecule has 0 aromatic heterocycles. The van der Waals surface area contributed by atoms with E-state index in [1.54, 1.807) is 14.2 Å². The van der Waals surface area contributed by atoms with Crippen molar-refractivity contribution in [1.29, 1.82) is 0 Å². The molecule has 0 fully saturated rings. The molecular formula is C10H20N2O5. The lowest BCUT2D eigenvalue weighted by Crippen LogP contribution is -2.48. The Hall–Kier alpha value is -1.18. The van der Waals surface area contributed by atoms with E-state index < -0.39 is 12.0 Å². The van der Waals surface area contributed by atoms with Gasteiger partial charge >= 0.3 is 5.97 Å². The van der Waals surface area contributed by atoms with Gasteiger partial charge in [0.25, 0.3) is 0 Å². The molecular weight excluding hydrogens is 228 g/mol. The van der Waals surface area contributed by atoms with Crippen molar-refractivity contribution in [3.05, 3.63) is 0 Å². The second-order valence-electron chi connectivity index (χ2n) is 3.56. The summed E-state index contributed by atoms with van der Waals surface area (Å²) in [5.41, 5.74) is 0. The van der Waals surface area contributed by atoms with E-state index in [1.807, 2.05) is 0 Å². The fourth-order valence-electron chi connectivity index (χ4n) is 1.23. The molecule has 0 saturated heterocycles. The van der Waals surface area contributed by atoms with Crippen LogP contribution in [0.3, 0.4) is 0 Å². The Morgan fingerprint density at radius 1 is 1.29 bits per heavy atom. The number of hydrogen-bond acceptors (Lipinski definition) is 5. The first-order valence-corrected chi connectivity index (χ1v) is 5.23. The highest BCUT2D eigenvalue weighted by Crippen LogP contribution is 1.89. The average molecular weight is 248 g/mol. The largest absolute Gasteiger partial charge is 0.480 e. The van der Waals surface area contributed by atoms with Crippen LogP contribution in [0.2, 0.25) is 0 Å². The molecule has 0 aliphatic rings. The highest BCUT2D eigenvalue weighted by atomic mass is 16.5. The number of carbonyl (C=O) groups is 2. The van der Waals surface area contributed by atoms with Gasteiger partial charge < -0.3 is 25.2 Å². The van der Waals surface area contributed by atoms with Crippen molar-refractivity contribution in [2.24, 2.45) is 0 Å². The minimum atomic E-state index is -1.08. The Morgan fingerprint density at radius 3 is 2.35 bits per heavy atom. The van der Waals surface area contributed by atoms with Crippen LogP contribution in [0.25, 0.3) is 0 Å².